The average Bonchev–Trinajstić information content (AvgIpc) is 2.64. The van der Waals surface area contributed by atoms with E-state index in [-0.39, 0.29) is 11.7 Å². The molecule has 0 radical (unpaired) electrons. The first-order chi connectivity index (χ1) is 12.7. The van der Waals surface area contributed by atoms with Crippen molar-refractivity contribution >= 4 is 22.4 Å². The number of nitrogens with zero attached hydrogens (tertiary/aromatic N) is 1. The third-order valence-corrected chi connectivity index (χ3v) is 5.11. The van der Waals surface area contributed by atoms with Crippen molar-refractivity contribution in [3.8, 4) is 5.75 Å². The summed E-state index contributed by atoms with van der Waals surface area (Å²) in [7, 11) is 0. The van der Waals surface area contributed by atoms with Crippen LogP contribution in [0.4, 0.5) is 0 Å². The molecule has 0 aliphatic carbocycles. The molecule has 0 atom stereocenters. The quantitative estimate of drug-likeness (QED) is 0.749. The van der Waals surface area contributed by atoms with E-state index in [1.54, 1.807) is 6.20 Å². The van der Waals surface area contributed by atoms with E-state index in [4.69, 9.17) is 16.3 Å². The van der Waals surface area contributed by atoms with Gasteiger partial charge in [0, 0.05) is 36.2 Å². The van der Waals surface area contributed by atoms with Gasteiger partial charge in [0.05, 0.1) is 0 Å². The Labute approximate surface area is 157 Å². The van der Waals surface area contributed by atoms with Gasteiger partial charge in [-0.3, -0.25) is 9.69 Å². The second-order valence-electron chi connectivity index (χ2n) is 6.78. The normalized spacial score (nSPS) is 16.0. The SMILES string of the molecule is O=c1[nH]ccc2cc(OC3CCN(Cc4cccc(Cl)c4)CC3)ccc12. The van der Waals surface area contributed by atoms with E-state index >= 15 is 0 Å². The fourth-order valence-corrected chi connectivity index (χ4v) is 3.73. The van der Waals surface area contributed by atoms with E-state index in [0.29, 0.717) is 5.39 Å². The summed E-state index contributed by atoms with van der Waals surface area (Å²) in [5.74, 6) is 0.830. The molecule has 1 fully saturated rings. The molecule has 0 bridgehead atoms. The number of piperidine rings is 1. The fraction of sp³-hybridized carbons (Fsp3) is 0.286. The molecule has 4 nitrogen and oxygen atoms in total. The van der Waals surface area contributed by atoms with Crippen LogP contribution < -0.4 is 10.3 Å². The maximum Gasteiger partial charge on any atom is 0.255 e. The van der Waals surface area contributed by atoms with Crippen LogP contribution in [0.1, 0.15) is 18.4 Å². The third kappa shape index (κ3) is 3.92. The molecule has 4 rings (SSSR count). The minimum Gasteiger partial charge on any atom is -0.490 e. The van der Waals surface area contributed by atoms with Gasteiger partial charge in [0.25, 0.3) is 5.56 Å². The minimum atomic E-state index is -0.0663. The van der Waals surface area contributed by atoms with Gasteiger partial charge in [-0.15, -0.1) is 0 Å². The molecular weight excluding hydrogens is 348 g/mol. The van der Waals surface area contributed by atoms with E-state index in [2.05, 4.69) is 16.0 Å². The summed E-state index contributed by atoms with van der Waals surface area (Å²) in [6.45, 7) is 2.93. The first-order valence-corrected chi connectivity index (χ1v) is 9.30. The first-order valence-electron chi connectivity index (χ1n) is 8.92. The molecule has 26 heavy (non-hydrogen) atoms. The molecule has 134 valence electrons. The number of ether oxygens (including phenoxy) is 1. The number of aromatic nitrogens is 1. The summed E-state index contributed by atoms with van der Waals surface area (Å²) >= 11 is 6.07. The number of nitrogens with one attached hydrogen (secondary N) is 1. The Morgan fingerprint density at radius 3 is 2.77 bits per heavy atom. The van der Waals surface area contributed by atoms with Crippen LogP contribution in [-0.4, -0.2) is 29.1 Å². The number of aromatic amines is 1. The van der Waals surface area contributed by atoms with E-state index in [9.17, 15) is 4.79 Å². The average molecular weight is 369 g/mol. The fourth-order valence-electron chi connectivity index (χ4n) is 3.51. The molecule has 2 aromatic carbocycles. The third-order valence-electron chi connectivity index (χ3n) is 4.88. The highest BCUT2D eigenvalue weighted by Crippen LogP contribution is 2.23. The topological polar surface area (TPSA) is 45.3 Å². The summed E-state index contributed by atoms with van der Waals surface area (Å²) in [4.78, 5) is 16.9. The molecule has 2 heterocycles. The van der Waals surface area contributed by atoms with Crippen LogP contribution in [0.25, 0.3) is 10.8 Å². The van der Waals surface area contributed by atoms with Crippen molar-refractivity contribution in [2.24, 2.45) is 0 Å². The summed E-state index contributed by atoms with van der Waals surface area (Å²) in [5, 5.41) is 2.39. The van der Waals surface area contributed by atoms with Gasteiger partial charge in [-0.25, -0.2) is 0 Å². The van der Waals surface area contributed by atoms with E-state index < -0.39 is 0 Å². The summed E-state index contributed by atoms with van der Waals surface area (Å²) in [6, 6.07) is 15.6. The van der Waals surface area contributed by atoms with E-state index in [1.165, 1.54) is 5.56 Å². The number of hydrogen-bond donors (Lipinski definition) is 1. The number of benzene rings is 2. The highest BCUT2D eigenvalue weighted by molar-refractivity contribution is 6.30. The Morgan fingerprint density at radius 1 is 1.12 bits per heavy atom. The van der Waals surface area contributed by atoms with Crippen molar-refractivity contribution in [1.82, 2.24) is 9.88 Å². The maximum absolute atomic E-state index is 11.8. The standard InChI is InChI=1S/C21H21ClN2O2/c22-17-3-1-2-15(12-17)14-24-10-7-18(8-11-24)26-19-4-5-20-16(13-19)6-9-23-21(20)25/h1-6,9,12-13,18H,7-8,10-11,14H2,(H,23,25). The van der Waals surface area contributed by atoms with Gasteiger partial charge in [-0.1, -0.05) is 23.7 Å². The number of rotatable bonds is 4. The molecule has 3 aromatic rings. The van der Waals surface area contributed by atoms with Gasteiger partial charge >= 0.3 is 0 Å². The molecule has 0 unspecified atom stereocenters. The van der Waals surface area contributed by atoms with Gasteiger partial charge < -0.3 is 9.72 Å². The van der Waals surface area contributed by atoms with Crippen molar-refractivity contribution in [2.75, 3.05) is 13.1 Å². The number of H-pyrrole nitrogens is 1. The Kier molecular flexibility index (Phi) is 4.96. The summed E-state index contributed by atoms with van der Waals surface area (Å²) in [6.07, 6.45) is 3.87. The van der Waals surface area contributed by atoms with Crippen LogP contribution in [0.5, 0.6) is 5.75 Å². The lowest BCUT2D eigenvalue weighted by Gasteiger charge is -2.32. The number of hydrogen-bond acceptors (Lipinski definition) is 3. The molecule has 5 heteroatoms. The Hall–Kier alpha value is -2.30. The predicted molar refractivity (Wildman–Crippen MR) is 105 cm³/mol. The van der Waals surface area contributed by atoms with Crippen LogP contribution >= 0.6 is 11.6 Å². The second kappa shape index (κ2) is 7.52. The number of pyridine rings is 1. The van der Waals surface area contributed by atoms with Gasteiger partial charge in [-0.05, 0) is 60.2 Å². The van der Waals surface area contributed by atoms with Gasteiger partial charge in [0.1, 0.15) is 11.9 Å². The van der Waals surface area contributed by atoms with Crippen molar-refractivity contribution in [2.45, 2.75) is 25.5 Å². The van der Waals surface area contributed by atoms with Crippen LogP contribution in [0.3, 0.4) is 0 Å². The lowest BCUT2D eigenvalue weighted by Crippen LogP contribution is -2.37. The Balaban J connectivity index is 1.36. The summed E-state index contributed by atoms with van der Waals surface area (Å²) in [5.41, 5.74) is 1.18. The van der Waals surface area contributed by atoms with Crippen LogP contribution in [0, 0.1) is 0 Å². The maximum atomic E-state index is 11.8. The van der Waals surface area contributed by atoms with Gasteiger partial charge in [0.15, 0.2) is 0 Å². The first kappa shape index (κ1) is 17.1. The molecule has 1 aliphatic heterocycles. The Bertz CT molecular complexity index is 961. The second-order valence-corrected chi connectivity index (χ2v) is 7.22. The monoisotopic (exact) mass is 368 g/mol. The van der Waals surface area contributed by atoms with Crippen molar-refractivity contribution < 1.29 is 4.74 Å². The van der Waals surface area contributed by atoms with Gasteiger partial charge in [-0.2, -0.15) is 0 Å². The lowest BCUT2D eigenvalue weighted by molar-refractivity contribution is 0.0969. The molecule has 0 spiro atoms. The van der Waals surface area contributed by atoms with E-state index in [1.807, 2.05) is 42.5 Å². The largest absolute Gasteiger partial charge is 0.490 e. The number of halogens is 1. The molecule has 0 saturated carbocycles. The minimum absolute atomic E-state index is 0.0663. The smallest absolute Gasteiger partial charge is 0.255 e. The zero-order valence-corrected chi connectivity index (χ0v) is 15.2. The number of likely N-dealkylation sites (tertiary alicyclic amines) is 1. The molecule has 1 aliphatic rings. The highest BCUT2D eigenvalue weighted by atomic mass is 35.5. The Morgan fingerprint density at radius 2 is 1.96 bits per heavy atom. The predicted octanol–water partition coefficient (Wildman–Crippen LogP) is 4.22. The highest BCUT2D eigenvalue weighted by Gasteiger charge is 2.20. The molecule has 0 amide bonds. The van der Waals surface area contributed by atoms with Crippen LogP contribution in [0.15, 0.2) is 59.5 Å². The van der Waals surface area contributed by atoms with Crippen LogP contribution in [-0.2, 0) is 6.54 Å². The van der Waals surface area contributed by atoms with Crippen LogP contribution in [0.2, 0.25) is 5.02 Å². The zero-order valence-electron chi connectivity index (χ0n) is 14.5. The molecule has 1 saturated heterocycles. The van der Waals surface area contributed by atoms with Crippen molar-refractivity contribution in [3.63, 3.8) is 0 Å². The van der Waals surface area contributed by atoms with Gasteiger partial charge in [0.2, 0.25) is 0 Å². The van der Waals surface area contributed by atoms with E-state index in [0.717, 1.165) is 48.6 Å². The molecule has 1 N–H and O–H groups in total. The molecular formula is C21H21ClN2O2. The number of fused-ring (bicyclic) bond motifs is 1. The summed E-state index contributed by atoms with van der Waals surface area (Å²) < 4.78 is 6.16. The zero-order chi connectivity index (χ0) is 17.9. The lowest BCUT2D eigenvalue weighted by atomic mass is 10.1. The molecule has 1 aromatic heterocycles. The van der Waals surface area contributed by atoms with Crippen molar-refractivity contribution in [3.05, 3.63) is 75.7 Å². The van der Waals surface area contributed by atoms with Crippen molar-refractivity contribution in [1.29, 1.82) is 0 Å².